The van der Waals surface area contributed by atoms with Crippen LogP contribution in [-0.2, 0) is 19.8 Å². The number of amides is 2. The van der Waals surface area contributed by atoms with Gasteiger partial charge in [0.05, 0.1) is 28.9 Å². The maximum atomic E-state index is 13.8. The van der Waals surface area contributed by atoms with Crippen LogP contribution in [0.3, 0.4) is 0 Å². The molecule has 0 saturated carbocycles. The van der Waals surface area contributed by atoms with Crippen LogP contribution >= 0.6 is 0 Å². The first kappa shape index (κ1) is 18.1. The van der Waals surface area contributed by atoms with Crippen molar-refractivity contribution in [2.45, 2.75) is 18.3 Å². The summed E-state index contributed by atoms with van der Waals surface area (Å²) in [7, 11) is 0. The first-order chi connectivity index (χ1) is 15.0. The van der Waals surface area contributed by atoms with E-state index in [2.05, 4.69) is 0 Å². The Hall–Kier alpha value is -3.73. The molecule has 1 heterocycles. The van der Waals surface area contributed by atoms with Crippen molar-refractivity contribution in [3.05, 3.63) is 101 Å². The van der Waals surface area contributed by atoms with Gasteiger partial charge in [-0.05, 0) is 41.3 Å². The number of imide groups is 1. The fourth-order valence-electron chi connectivity index (χ4n) is 6.07. The Morgan fingerprint density at radius 2 is 1.39 bits per heavy atom. The number of carboxylic acids is 1. The van der Waals surface area contributed by atoms with E-state index in [1.165, 1.54) is 4.90 Å². The van der Waals surface area contributed by atoms with Crippen LogP contribution in [0.25, 0.3) is 0 Å². The number of nitrogens with zero attached hydrogens (tertiary/aromatic N) is 1. The highest BCUT2D eigenvalue weighted by Gasteiger charge is 2.68. The van der Waals surface area contributed by atoms with E-state index in [0.717, 1.165) is 16.7 Å². The van der Waals surface area contributed by atoms with E-state index in [9.17, 15) is 19.5 Å². The molecule has 2 bridgehead atoms. The van der Waals surface area contributed by atoms with E-state index in [4.69, 9.17) is 0 Å². The lowest BCUT2D eigenvalue weighted by molar-refractivity contribution is -0.314. The highest BCUT2D eigenvalue weighted by molar-refractivity contribution is 6.25. The summed E-state index contributed by atoms with van der Waals surface area (Å²) in [5.74, 6) is -4.36. The standard InChI is InChI=1S/C26H19NO4/c1-14-10-12-15(13-11-14)27-23(28)21-20-16-6-2-4-8-18(16)26(25(30)31,22(21)24(27)29)19-9-5-3-7-17(19)20/h2-13,20-22H,1H3,(H,30,31)/p-1/t20?,21-,22+,26?/m0/s1. The molecular formula is C26H18NO4-. The van der Waals surface area contributed by atoms with Gasteiger partial charge in [-0.25, -0.2) is 4.90 Å². The van der Waals surface area contributed by atoms with E-state index in [0.29, 0.717) is 16.8 Å². The van der Waals surface area contributed by atoms with Crippen LogP contribution in [0.1, 0.15) is 33.7 Å². The summed E-state index contributed by atoms with van der Waals surface area (Å²) in [6.07, 6.45) is 0. The molecule has 31 heavy (non-hydrogen) atoms. The van der Waals surface area contributed by atoms with Gasteiger partial charge in [-0.3, -0.25) is 9.59 Å². The summed E-state index contributed by atoms with van der Waals surface area (Å²) < 4.78 is 0. The third-order valence-corrected chi connectivity index (χ3v) is 7.23. The van der Waals surface area contributed by atoms with Crippen LogP contribution in [-0.4, -0.2) is 17.8 Å². The molecule has 0 N–H and O–H groups in total. The van der Waals surface area contributed by atoms with E-state index in [1.807, 2.05) is 43.3 Å². The summed E-state index contributed by atoms with van der Waals surface area (Å²) in [4.78, 5) is 41.6. The molecule has 2 amide bonds. The Bertz CT molecular complexity index is 1250. The van der Waals surface area contributed by atoms with Crippen molar-refractivity contribution in [3.8, 4) is 0 Å². The second-order valence-corrected chi connectivity index (χ2v) is 8.60. The molecule has 3 aliphatic carbocycles. The zero-order valence-electron chi connectivity index (χ0n) is 16.7. The molecule has 7 rings (SSSR count). The summed E-state index contributed by atoms with van der Waals surface area (Å²) in [6, 6.07) is 21.7. The molecule has 5 nitrogen and oxygen atoms in total. The molecule has 0 spiro atoms. The maximum Gasteiger partial charge on any atom is 0.239 e. The highest BCUT2D eigenvalue weighted by Crippen LogP contribution is 2.64. The SMILES string of the molecule is Cc1ccc(N2C(=O)[C@H]3C4c5ccccc5C(C(=O)[O-])(c5ccccc54)[C@H]3C2=O)cc1. The van der Waals surface area contributed by atoms with Gasteiger partial charge in [0.1, 0.15) is 0 Å². The molecule has 3 aromatic carbocycles. The van der Waals surface area contributed by atoms with Crippen molar-refractivity contribution in [2.75, 3.05) is 4.90 Å². The van der Waals surface area contributed by atoms with Crippen LogP contribution in [0.4, 0.5) is 5.69 Å². The zero-order chi connectivity index (χ0) is 21.5. The molecule has 152 valence electrons. The lowest BCUT2D eigenvalue weighted by Gasteiger charge is -2.54. The van der Waals surface area contributed by atoms with Crippen molar-refractivity contribution in [1.82, 2.24) is 0 Å². The third kappa shape index (κ3) is 1.99. The van der Waals surface area contributed by atoms with Crippen molar-refractivity contribution in [2.24, 2.45) is 11.8 Å². The smallest absolute Gasteiger partial charge is 0.239 e. The van der Waals surface area contributed by atoms with Crippen LogP contribution in [0.15, 0.2) is 72.8 Å². The van der Waals surface area contributed by atoms with Gasteiger partial charge >= 0.3 is 0 Å². The van der Waals surface area contributed by atoms with Gasteiger partial charge in [-0.2, -0.15) is 0 Å². The number of benzene rings is 3. The minimum Gasteiger partial charge on any atom is -0.549 e. The van der Waals surface area contributed by atoms with Gasteiger partial charge in [0.15, 0.2) is 0 Å². The molecular weight excluding hydrogens is 390 g/mol. The van der Waals surface area contributed by atoms with Gasteiger partial charge in [-0.15, -0.1) is 0 Å². The van der Waals surface area contributed by atoms with Gasteiger partial charge in [0.25, 0.3) is 0 Å². The quantitative estimate of drug-likeness (QED) is 0.610. The normalized spacial score (nSPS) is 27.6. The Morgan fingerprint density at radius 3 is 1.94 bits per heavy atom. The average molecular weight is 408 g/mol. The molecule has 5 heteroatoms. The van der Waals surface area contributed by atoms with Crippen molar-refractivity contribution < 1.29 is 19.5 Å². The number of aliphatic carboxylic acids is 1. The number of aryl methyl sites for hydroxylation is 1. The molecule has 1 fully saturated rings. The fraction of sp³-hybridized carbons (Fsp3) is 0.192. The number of carboxylic acid groups (broad SMARTS) is 1. The van der Waals surface area contributed by atoms with Gasteiger partial charge in [0.2, 0.25) is 11.8 Å². The van der Waals surface area contributed by atoms with E-state index < -0.39 is 29.1 Å². The molecule has 4 aliphatic rings. The molecule has 3 aromatic rings. The number of hydrogen-bond acceptors (Lipinski definition) is 4. The predicted octanol–water partition coefficient (Wildman–Crippen LogP) is 2.30. The first-order valence-corrected chi connectivity index (χ1v) is 10.3. The summed E-state index contributed by atoms with van der Waals surface area (Å²) in [6.45, 7) is 1.93. The van der Waals surface area contributed by atoms with Crippen LogP contribution in [0.2, 0.25) is 0 Å². The average Bonchev–Trinajstić information content (AvgIpc) is 3.05. The number of carbonyl (C=O) groups is 3. The van der Waals surface area contributed by atoms with E-state index in [-0.39, 0.29) is 11.8 Å². The van der Waals surface area contributed by atoms with Gasteiger partial charge in [0, 0.05) is 5.92 Å². The van der Waals surface area contributed by atoms with Crippen LogP contribution < -0.4 is 10.0 Å². The number of carbonyl (C=O) groups excluding carboxylic acids is 3. The fourth-order valence-corrected chi connectivity index (χ4v) is 6.07. The summed E-state index contributed by atoms with van der Waals surface area (Å²) in [5.41, 5.74) is 2.48. The molecule has 0 aromatic heterocycles. The Balaban J connectivity index is 1.67. The van der Waals surface area contributed by atoms with Crippen molar-refractivity contribution in [3.63, 3.8) is 0 Å². The van der Waals surface area contributed by atoms with E-state index >= 15 is 0 Å². The topological polar surface area (TPSA) is 77.5 Å². The number of anilines is 1. The van der Waals surface area contributed by atoms with Crippen LogP contribution in [0.5, 0.6) is 0 Å². The Labute approximate surface area is 178 Å². The minimum absolute atomic E-state index is 0.349. The van der Waals surface area contributed by atoms with Gasteiger partial charge in [-0.1, -0.05) is 66.2 Å². The third-order valence-electron chi connectivity index (χ3n) is 7.23. The number of rotatable bonds is 2. The summed E-state index contributed by atoms with van der Waals surface area (Å²) >= 11 is 0. The molecule has 0 unspecified atom stereocenters. The van der Waals surface area contributed by atoms with Gasteiger partial charge < -0.3 is 9.90 Å². The van der Waals surface area contributed by atoms with E-state index in [1.54, 1.807) is 36.4 Å². The van der Waals surface area contributed by atoms with Crippen molar-refractivity contribution in [1.29, 1.82) is 0 Å². The maximum absolute atomic E-state index is 13.8. The Kier molecular flexibility index (Phi) is 3.45. The zero-order valence-corrected chi connectivity index (χ0v) is 16.7. The predicted molar refractivity (Wildman–Crippen MR) is 111 cm³/mol. The molecule has 1 aliphatic heterocycles. The monoisotopic (exact) mass is 408 g/mol. The Morgan fingerprint density at radius 1 is 0.839 bits per heavy atom. The second-order valence-electron chi connectivity index (χ2n) is 8.60. The largest absolute Gasteiger partial charge is 0.549 e. The van der Waals surface area contributed by atoms with Crippen LogP contribution in [0, 0.1) is 18.8 Å². The second kappa shape index (κ2) is 5.91. The first-order valence-electron chi connectivity index (χ1n) is 10.3. The highest BCUT2D eigenvalue weighted by atomic mass is 16.4. The summed E-state index contributed by atoms with van der Waals surface area (Å²) in [5, 5.41) is 12.9. The molecule has 1 saturated heterocycles. The minimum atomic E-state index is -1.70. The molecule has 2 atom stereocenters. The lowest BCUT2D eigenvalue weighted by Crippen LogP contribution is -2.61. The number of hydrogen-bond donors (Lipinski definition) is 0. The molecule has 0 radical (unpaired) electrons. The lowest BCUT2D eigenvalue weighted by atomic mass is 9.47. The van der Waals surface area contributed by atoms with Crippen molar-refractivity contribution >= 4 is 23.5 Å².